The van der Waals surface area contributed by atoms with E-state index in [1.165, 1.54) is 382 Å². The van der Waals surface area contributed by atoms with Crippen molar-refractivity contribution in [3.8, 4) is 5.75 Å². The normalized spacial score (nSPS) is 12.3. The Hall–Kier alpha value is -0.275. The average Bonchev–Trinajstić information content (AvgIpc) is 0.834. The molecule has 0 atom stereocenters. The summed E-state index contributed by atoms with van der Waals surface area (Å²) < 4.78 is 90.6. The van der Waals surface area contributed by atoms with Crippen molar-refractivity contribution >= 4 is 35.5 Å². The molecule has 96 heavy (non-hydrogen) atoms. The molecule has 0 spiro atoms. The van der Waals surface area contributed by atoms with Gasteiger partial charge in [0, 0.05) is 73.9 Å². The molecule has 0 aromatic heterocycles. The van der Waals surface area contributed by atoms with Gasteiger partial charge >= 0.3 is 12.4 Å². The molecule has 0 saturated carbocycles. The van der Waals surface area contributed by atoms with Crippen molar-refractivity contribution in [3.05, 3.63) is 29.3 Å². The molecule has 0 saturated heterocycles. The quantitative estimate of drug-likeness (QED) is 0.0214. The Morgan fingerprint density at radius 1 is 0.260 bits per heavy atom. The fourth-order valence-corrected chi connectivity index (χ4v) is 36.9. The largest absolute Gasteiger partial charge is 0.860 e. The topological polar surface area (TPSA) is 83.6 Å². The van der Waals surface area contributed by atoms with Gasteiger partial charge < -0.3 is 14.7 Å². The van der Waals surface area contributed by atoms with Crippen LogP contribution in [0, 0.1) is 0 Å². The van der Waals surface area contributed by atoms with Gasteiger partial charge in [0.1, 0.15) is 7.32 Å². The number of hydrogen-bond acceptors (Lipinski definition) is 3. The van der Waals surface area contributed by atoms with Gasteiger partial charge in [0.05, 0.1) is 16.9 Å². The Bertz CT molecular complexity index is 1770. The van der Waals surface area contributed by atoms with Gasteiger partial charge in [0.25, 0.3) is 0 Å². The van der Waals surface area contributed by atoms with E-state index < -0.39 is 64.8 Å². The monoisotopic (exact) mass is 1450 g/mol. The van der Waals surface area contributed by atoms with Crippen LogP contribution in [0.25, 0.3) is 0 Å². The summed E-state index contributed by atoms with van der Waals surface area (Å²) in [6, 6.07) is 0.160. The summed E-state index contributed by atoms with van der Waals surface area (Å²) in [6.45, 7) is 28.5. The highest BCUT2D eigenvalue weighted by atomic mass is 31.2. The Balaban J connectivity index is 0. The van der Waals surface area contributed by atoms with Gasteiger partial charge in [-0.2, -0.15) is 34.7 Å². The molecular formula is C80H159BF6N2O3P4. The van der Waals surface area contributed by atoms with Crippen LogP contribution >= 0.6 is 28.2 Å². The zero-order valence-electron chi connectivity index (χ0n) is 65.4. The highest BCUT2D eigenvalue weighted by Crippen LogP contribution is 2.58. The maximum atomic E-state index is 12.3. The highest BCUT2D eigenvalue weighted by molar-refractivity contribution is 7.74. The maximum Gasteiger partial charge on any atom is 0.416 e. The van der Waals surface area contributed by atoms with E-state index in [4.69, 9.17) is 8.35 Å². The molecule has 0 amide bonds. The molecule has 5 nitrogen and oxygen atoms in total. The molecule has 0 heterocycles. The first-order valence-corrected chi connectivity index (χ1v) is 50.5. The van der Waals surface area contributed by atoms with Crippen molar-refractivity contribution in [2.75, 3.05) is 73.9 Å². The van der Waals surface area contributed by atoms with E-state index in [1.54, 1.807) is 0 Å². The van der Waals surface area contributed by atoms with Gasteiger partial charge in [0.15, 0.2) is 0 Å². The summed E-state index contributed by atoms with van der Waals surface area (Å²) in [4.78, 5) is 0. The second kappa shape index (κ2) is 64.3. The number of alkyl halides is 6. The lowest BCUT2D eigenvalue weighted by Crippen LogP contribution is -2.50. The molecule has 572 valence electrons. The van der Waals surface area contributed by atoms with E-state index in [0.717, 1.165) is 0 Å². The number of benzene rings is 1. The summed E-state index contributed by atoms with van der Waals surface area (Å²) >= 11 is 0. The lowest BCUT2D eigenvalue weighted by atomic mass is 10.1. The molecule has 16 heteroatoms. The number of hydrogen-bond donors (Lipinski definition) is 0. The van der Waals surface area contributed by atoms with Gasteiger partial charge in [-0.05, 0) is 95.2 Å². The van der Waals surface area contributed by atoms with Crippen LogP contribution in [0.3, 0.4) is 0 Å². The van der Waals surface area contributed by atoms with Crippen molar-refractivity contribution in [1.29, 1.82) is 0 Å². The number of halogens is 6. The molecule has 0 bridgehead atoms. The van der Waals surface area contributed by atoms with E-state index in [9.17, 15) is 36.4 Å². The molecule has 0 radical (unpaired) electrons. The van der Waals surface area contributed by atoms with Crippen LogP contribution in [-0.4, -0.2) is 81.3 Å². The first-order valence-electron chi connectivity index (χ1n) is 41.4. The SMILES string of the molecule is CCCCCCP(CCCCCC)(CCCCCC)=[N+]=P(CCCCCC)(CCCCCC)CCCCCC.CCCCCCP(CCCCCC)(CCCCCC)=[N+]=P(CCCCCC)(CCCCCC)CCCCCC.[O-]B([O-])Oc1cc(C(F)(F)F)cc(C(F)(F)F)c1. The zero-order valence-corrected chi connectivity index (χ0v) is 69.0. The van der Waals surface area contributed by atoms with Crippen molar-refractivity contribution in [2.45, 2.75) is 404 Å². The van der Waals surface area contributed by atoms with Gasteiger partial charge in [-0.1, -0.05) is 314 Å². The Morgan fingerprint density at radius 3 is 0.521 bits per heavy atom. The molecule has 0 N–H and O–H groups in total. The molecule has 0 aliphatic carbocycles. The Labute approximate surface area is 594 Å². The first kappa shape index (κ1) is 97.8. The van der Waals surface area contributed by atoms with E-state index in [2.05, 4.69) is 87.7 Å². The van der Waals surface area contributed by atoms with Crippen molar-refractivity contribution in [3.63, 3.8) is 0 Å². The third kappa shape index (κ3) is 52.6. The van der Waals surface area contributed by atoms with Crippen molar-refractivity contribution < 1.29 is 41.0 Å². The standard InChI is InChI=1S/2C36H78NP2.C8H3BF6O3/c2*1-7-13-19-25-31-38(32-26-20-14-8-2,33-27-21-15-9-3)37-39(34-28-22-16-10-4,35-29-23-17-11-5)36-30-24-18-12-6;10-7(11,12)4-1-5(8(13,14)15)3-6(2-4)18-9(16)17/h2*7-36H2,1-6H3;1-3H/q2*+1;-2. The minimum absolute atomic E-state index is 0.141. The Kier molecular flexibility index (Phi) is 65.5. The summed E-state index contributed by atoms with van der Waals surface area (Å²) in [5.74, 6) is -1.08. The summed E-state index contributed by atoms with van der Waals surface area (Å²) in [7, 11) is -7.94. The molecule has 0 unspecified atom stereocenters. The fourth-order valence-electron chi connectivity index (χ4n) is 13.8. The van der Waals surface area contributed by atoms with Crippen LogP contribution in [0.4, 0.5) is 26.3 Å². The summed E-state index contributed by atoms with van der Waals surface area (Å²) in [6.07, 6.45) is 76.4. The molecule has 0 aliphatic rings. The maximum absolute atomic E-state index is 12.3. The molecule has 0 fully saturated rings. The third-order valence-corrected chi connectivity index (χ3v) is 39.5. The van der Waals surface area contributed by atoms with Crippen LogP contribution in [-0.2, 0) is 12.4 Å². The summed E-state index contributed by atoms with van der Waals surface area (Å²) in [5, 5.41) is 20.2. The Morgan fingerprint density at radius 2 is 0.406 bits per heavy atom. The van der Waals surface area contributed by atoms with E-state index in [-0.39, 0.29) is 18.2 Å². The van der Waals surface area contributed by atoms with Crippen LogP contribution in [0.2, 0.25) is 0 Å². The summed E-state index contributed by atoms with van der Waals surface area (Å²) in [5.41, 5.74) is -3.32. The second-order valence-corrected chi connectivity index (χ2v) is 44.7. The number of unbranched alkanes of at least 4 members (excludes halogenated alkanes) is 36. The predicted octanol–water partition coefficient (Wildman–Crippen LogP) is 28.7. The van der Waals surface area contributed by atoms with E-state index >= 15 is 0 Å². The molecule has 1 aromatic rings. The van der Waals surface area contributed by atoms with Gasteiger partial charge in [-0.25, -0.2) is 0 Å². The molecule has 0 aliphatic heterocycles. The third-order valence-electron chi connectivity index (χ3n) is 19.7. The zero-order chi connectivity index (χ0) is 72.0. The van der Waals surface area contributed by atoms with Gasteiger partial charge in [-0.15, -0.1) is 0 Å². The number of rotatable bonds is 62. The second-order valence-electron chi connectivity index (χ2n) is 29.1. The predicted molar refractivity (Wildman–Crippen MR) is 423 cm³/mol. The van der Waals surface area contributed by atoms with Crippen molar-refractivity contribution in [2.24, 2.45) is 0 Å². The fraction of sp³-hybridized carbons (Fsp3) is 0.925. The van der Waals surface area contributed by atoms with Crippen LogP contribution in [0.15, 0.2) is 18.2 Å². The van der Waals surface area contributed by atoms with Gasteiger partial charge in [-0.3, -0.25) is 0 Å². The smallest absolute Gasteiger partial charge is 0.416 e. The minimum Gasteiger partial charge on any atom is -0.860 e. The van der Waals surface area contributed by atoms with Crippen LogP contribution < -0.4 is 23.0 Å². The molecule has 1 rings (SSSR count). The molecule has 1 aromatic carbocycles. The lowest BCUT2D eigenvalue weighted by molar-refractivity contribution is -0.372. The highest BCUT2D eigenvalue weighted by Gasteiger charge is 2.39. The van der Waals surface area contributed by atoms with E-state index in [0.29, 0.717) is 0 Å². The van der Waals surface area contributed by atoms with Crippen molar-refractivity contribution in [1.82, 2.24) is 8.35 Å². The van der Waals surface area contributed by atoms with Crippen LogP contribution in [0.5, 0.6) is 5.75 Å². The van der Waals surface area contributed by atoms with Gasteiger partial charge in [0.2, 0.25) is 28.2 Å². The number of nitrogens with zero attached hydrogens (tertiary/aromatic N) is 2. The molecular weight excluding hydrogens is 1290 g/mol. The lowest BCUT2D eigenvalue weighted by Gasteiger charge is -2.27. The minimum atomic E-state index is -5.05. The first-order chi connectivity index (χ1) is 46.1. The van der Waals surface area contributed by atoms with E-state index in [1.807, 2.05) is 0 Å². The van der Waals surface area contributed by atoms with Crippen LogP contribution in [0.1, 0.15) is 402 Å². The average molecular weight is 1450 g/mol.